The number of ether oxygens (including phenoxy) is 1. The molecule has 0 unspecified atom stereocenters. The summed E-state index contributed by atoms with van der Waals surface area (Å²) < 4.78 is 11.8. The van der Waals surface area contributed by atoms with Crippen molar-refractivity contribution in [1.29, 1.82) is 0 Å². The van der Waals surface area contributed by atoms with Gasteiger partial charge in [-0.25, -0.2) is 0 Å². The maximum absolute atomic E-state index is 12.3. The van der Waals surface area contributed by atoms with Crippen molar-refractivity contribution >= 4 is 45.2 Å². The van der Waals surface area contributed by atoms with Gasteiger partial charge in [-0.1, -0.05) is 6.07 Å². The molecular formula is C18H16INO3. The van der Waals surface area contributed by atoms with Crippen LogP contribution in [-0.2, 0) is 11.2 Å². The lowest BCUT2D eigenvalue weighted by Crippen LogP contribution is -2.14. The van der Waals surface area contributed by atoms with E-state index >= 15 is 0 Å². The minimum atomic E-state index is -0.0665. The van der Waals surface area contributed by atoms with E-state index in [0.717, 1.165) is 31.5 Å². The van der Waals surface area contributed by atoms with Crippen LogP contribution in [0.1, 0.15) is 11.1 Å². The predicted molar refractivity (Wildman–Crippen MR) is 99.0 cm³/mol. The van der Waals surface area contributed by atoms with Crippen molar-refractivity contribution in [3.8, 4) is 5.75 Å². The predicted octanol–water partition coefficient (Wildman–Crippen LogP) is 4.54. The van der Waals surface area contributed by atoms with E-state index in [1.807, 2.05) is 43.3 Å². The number of methoxy groups -OCH3 is 1. The molecule has 0 atom stereocenters. The first kappa shape index (κ1) is 15.9. The molecule has 118 valence electrons. The summed E-state index contributed by atoms with van der Waals surface area (Å²) in [5.41, 5.74) is 3.58. The SMILES string of the molecule is COc1ccc2c(CC(=O)Nc3ccc(C)c(I)c3)coc2c1. The Morgan fingerprint density at radius 1 is 1.26 bits per heavy atom. The fourth-order valence-electron chi connectivity index (χ4n) is 2.38. The average Bonchev–Trinajstić information content (AvgIpc) is 2.93. The highest BCUT2D eigenvalue weighted by Crippen LogP contribution is 2.26. The van der Waals surface area contributed by atoms with Crippen LogP contribution in [0.5, 0.6) is 5.75 Å². The summed E-state index contributed by atoms with van der Waals surface area (Å²) in [5, 5.41) is 3.86. The number of hydrogen-bond donors (Lipinski definition) is 1. The maximum Gasteiger partial charge on any atom is 0.228 e. The second-order valence-corrected chi connectivity index (χ2v) is 6.47. The number of anilines is 1. The van der Waals surface area contributed by atoms with Crippen LogP contribution in [0.15, 0.2) is 47.1 Å². The molecule has 0 aliphatic heterocycles. The van der Waals surface area contributed by atoms with E-state index in [2.05, 4.69) is 27.9 Å². The normalized spacial score (nSPS) is 10.7. The van der Waals surface area contributed by atoms with Crippen molar-refractivity contribution in [3.05, 3.63) is 57.4 Å². The van der Waals surface area contributed by atoms with Gasteiger partial charge in [0.25, 0.3) is 0 Å². The molecule has 3 rings (SSSR count). The highest BCUT2D eigenvalue weighted by atomic mass is 127. The molecule has 0 spiro atoms. The monoisotopic (exact) mass is 421 g/mol. The molecule has 0 aliphatic rings. The van der Waals surface area contributed by atoms with E-state index in [9.17, 15) is 4.79 Å². The molecule has 1 heterocycles. The Bertz CT molecular complexity index is 870. The molecule has 0 aliphatic carbocycles. The summed E-state index contributed by atoms with van der Waals surface area (Å²) in [4.78, 5) is 12.3. The number of carbonyl (C=O) groups is 1. The molecule has 4 nitrogen and oxygen atoms in total. The minimum absolute atomic E-state index is 0.0665. The van der Waals surface area contributed by atoms with Gasteiger partial charge in [0.05, 0.1) is 19.8 Å². The van der Waals surface area contributed by atoms with E-state index in [-0.39, 0.29) is 12.3 Å². The second kappa shape index (κ2) is 6.62. The van der Waals surface area contributed by atoms with Crippen LogP contribution < -0.4 is 10.1 Å². The molecule has 1 N–H and O–H groups in total. The standard InChI is InChI=1S/C18H16INO3/c1-11-3-4-13(8-16(11)19)20-18(21)7-12-10-23-17-9-14(22-2)5-6-15(12)17/h3-6,8-10H,7H2,1-2H3,(H,20,21). The van der Waals surface area contributed by atoms with E-state index in [1.165, 1.54) is 5.56 Å². The average molecular weight is 421 g/mol. The molecule has 2 aromatic carbocycles. The number of amides is 1. The smallest absolute Gasteiger partial charge is 0.228 e. The fourth-order valence-corrected chi connectivity index (χ4v) is 2.89. The Balaban J connectivity index is 1.76. The highest BCUT2D eigenvalue weighted by Gasteiger charge is 2.11. The van der Waals surface area contributed by atoms with Crippen LogP contribution in [0.2, 0.25) is 0 Å². The topological polar surface area (TPSA) is 51.5 Å². The Morgan fingerprint density at radius 3 is 2.83 bits per heavy atom. The number of benzene rings is 2. The molecule has 23 heavy (non-hydrogen) atoms. The zero-order valence-electron chi connectivity index (χ0n) is 12.9. The molecule has 0 radical (unpaired) electrons. The second-order valence-electron chi connectivity index (χ2n) is 5.31. The number of carbonyl (C=O) groups excluding carboxylic acids is 1. The van der Waals surface area contributed by atoms with Crippen molar-refractivity contribution in [1.82, 2.24) is 0 Å². The third kappa shape index (κ3) is 3.50. The number of rotatable bonds is 4. The van der Waals surface area contributed by atoms with Gasteiger partial charge in [0, 0.05) is 26.3 Å². The van der Waals surface area contributed by atoms with Crippen molar-refractivity contribution in [2.45, 2.75) is 13.3 Å². The molecule has 1 aromatic heterocycles. The van der Waals surface area contributed by atoms with Gasteiger partial charge in [0.15, 0.2) is 0 Å². The van der Waals surface area contributed by atoms with Gasteiger partial charge in [-0.15, -0.1) is 0 Å². The number of furan rings is 1. The lowest BCUT2D eigenvalue weighted by atomic mass is 10.1. The van der Waals surface area contributed by atoms with E-state index in [1.54, 1.807) is 13.4 Å². The number of aryl methyl sites for hydroxylation is 1. The molecule has 0 bridgehead atoms. The molecule has 0 saturated heterocycles. The molecule has 3 aromatic rings. The van der Waals surface area contributed by atoms with Gasteiger partial charge in [-0.05, 0) is 59.3 Å². The zero-order chi connectivity index (χ0) is 16.4. The summed E-state index contributed by atoms with van der Waals surface area (Å²) in [6, 6.07) is 11.5. The number of fused-ring (bicyclic) bond motifs is 1. The van der Waals surface area contributed by atoms with Crippen LogP contribution in [0.4, 0.5) is 5.69 Å². The van der Waals surface area contributed by atoms with Crippen molar-refractivity contribution in [2.75, 3.05) is 12.4 Å². The van der Waals surface area contributed by atoms with Gasteiger partial charge in [-0.3, -0.25) is 4.79 Å². The van der Waals surface area contributed by atoms with Crippen LogP contribution in [-0.4, -0.2) is 13.0 Å². The molecule has 0 saturated carbocycles. The summed E-state index contributed by atoms with van der Waals surface area (Å²) >= 11 is 2.26. The van der Waals surface area contributed by atoms with Crippen LogP contribution in [0.25, 0.3) is 11.0 Å². The van der Waals surface area contributed by atoms with Gasteiger partial charge >= 0.3 is 0 Å². The Hall–Kier alpha value is -2.02. The van der Waals surface area contributed by atoms with E-state index < -0.39 is 0 Å². The van der Waals surface area contributed by atoms with E-state index in [4.69, 9.17) is 9.15 Å². The van der Waals surface area contributed by atoms with Crippen molar-refractivity contribution in [2.24, 2.45) is 0 Å². The first-order chi connectivity index (χ1) is 11.1. The lowest BCUT2D eigenvalue weighted by Gasteiger charge is -2.06. The molecule has 0 fully saturated rings. The fraction of sp³-hybridized carbons (Fsp3) is 0.167. The minimum Gasteiger partial charge on any atom is -0.497 e. The Kier molecular flexibility index (Phi) is 4.56. The largest absolute Gasteiger partial charge is 0.497 e. The maximum atomic E-state index is 12.3. The number of halogens is 1. The Labute approximate surface area is 148 Å². The Morgan fingerprint density at radius 2 is 2.09 bits per heavy atom. The summed E-state index contributed by atoms with van der Waals surface area (Å²) in [6.45, 7) is 2.04. The van der Waals surface area contributed by atoms with E-state index in [0.29, 0.717) is 0 Å². The van der Waals surface area contributed by atoms with Gasteiger partial charge in [0.1, 0.15) is 11.3 Å². The van der Waals surface area contributed by atoms with Crippen LogP contribution in [0, 0.1) is 10.5 Å². The lowest BCUT2D eigenvalue weighted by molar-refractivity contribution is -0.115. The van der Waals surface area contributed by atoms with Crippen LogP contribution in [0.3, 0.4) is 0 Å². The van der Waals surface area contributed by atoms with Crippen molar-refractivity contribution < 1.29 is 13.9 Å². The number of nitrogens with one attached hydrogen (secondary N) is 1. The van der Waals surface area contributed by atoms with Gasteiger partial charge < -0.3 is 14.5 Å². The quantitative estimate of drug-likeness (QED) is 0.630. The van der Waals surface area contributed by atoms with Crippen molar-refractivity contribution in [3.63, 3.8) is 0 Å². The highest BCUT2D eigenvalue weighted by molar-refractivity contribution is 14.1. The first-order valence-corrected chi connectivity index (χ1v) is 8.25. The summed E-state index contributed by atoms with van der Waals surface area (Å²) in [5.74, 6) is 0.667. The first-order valence-electron chi connectivity index (χ1n) is 7.17. The summed E-state index contributed by atoms with van der Waals surface area (Å²) in [6.07, 6.45) is 1.90. The third-order valence-corrected chi connectivity index (χ3v) is 4.83. The van der Waals surface area contributed by atoms with Gasteiger partial charge in [0.2, 0.25) is 5.91 Å². The van der Waals surface area contributed by atoms with Gasteiger partial charge in [-0.2, -0.15) is 0 Å². The van der Waals surface area contributed by atoms with Crippen LogP contribution >= 0.6 is 22.6 Å². The molecule has 1 amide bonds. The number of hydrogen-bond acceptors (Lipinski definition) is 3. The zero-order valence-corrected chi connectivity index (χ0v) is 15.0. The molecular weight excluding hydrogens is 405 g/mol. The summed E-state index contributed by atoms with van der Waals surface area (Å²) in [7, 11) is 1.61. The molecule has 5 heteroatoms. The third-order valence-electron chi connectivity index (χ3n) is 3.67.